The van der Waals surface area contributed by atoms with E-state index in [9.17, 15) is 0 Å². The molecule has 8 aliphatic rings. The quantitative estimate of drug-likeness (QED) is 0.155. The molecule has 0 aromatic heterocycles. The van der Waals surface area contributed by atoms with Crippen molar-refractivity contribution in [1.29, 1.82) is 0 Å². The number of rotatable bonds is 6. The Hall–Kier alpha value is -9.23. The first-order valence-electron chi connectivity index (χ1n) is 34.7. The number of aliphatic imine (C=N–C) groups is 3. The number of fused-ring (bicyclic) bond motifs is 20. The average molecular weight is 1440 g/mol. The molecular formula is C89H76BBr2N3O5. The minimum atomic E-state index is -0.445. The van der Waals surface area contributed by atoms with Crippen LogP contribution in [-0.4, -0.2) is 72.5 Å². The van der Waals surface area contributed by atoms with Gasteiger partial charge in [-0.2, -0.15) is 0 Å². The minimum Gasteiger partial charge on any atom is -0.475 e. The SMILES string of the molecule is Brc1ccc2c(c1)C1(c3ccccc3-c3ccccc31)c1cc(Br)ccc1-2.CC1(C)COC(c2ccc(-c3ccc4c(c3)C3(c5ccccc5-c5ccccc53)c3cc(-c5ccc(C6=NC(C)(C)CO6)cc5)ccc3-4)cc2)=N1.CC1(C)COC(c2ccc(B3OC(C)(C)C(C)(C)O3)cc2)=N1. The van der Waals surface area contributed by atoms with Crippen LogP contribution in [-0.2, 0) is 34.3 Å². The largest absolute Gasteiger partial charge is 0.494 e. The number of nitrogens with zero attached hydrogens (tertiary/aromatic N) is 3. The van der Waals surface area contributed by atoms with Crippen LogP contribution in [0.15, 0.2) is 267 Å². The monoisotopic (exact) mass is 1440 g/mol. The van der Waals surface area contributed by atoms with E-state index in [0.717, 1.165) is 42.9 Å². The smallest absolute Gasteiger partial charge is 0.475 e. The van der Waals surface area contributed by atoms with Crippen LogP contribution in [0, 0.1) is 0 Å². The molecule has 4 aliphatic heterocycles. The lowest BCUT2D eigenvalue weighted by Gasteiger charge is -2.32. The van der Waals surface area contributed by atoms with Crippen molar-refractivity contribution in [3.05, 3.63) is 313 Å². The Bertz CT molecular complexity index is 4990. The van der Waals surface area contributed by atoms with Crippen molar-refractivity contribution < 1.29 is 23.5 Å². The van der Waals surface area contributed by atoms with Crippen molar-refractivity contribution in [2.45, 2.75) is 108 Å². The lowest BCUT2D eigenvalue weighted by Crippen LogP contribution is -2.41. The molecule has 494 valence electrons. The molecule has 0 amide bonds. The first kappa shape index (κ1) is 64.2. The summed E-state index contributed by atoms with van der Waals surface area (Å²) >= 11 is 7.45. The van der Waals surface area contributed by atoms with Gasteiger partial charge in [-0.15, -0.1) is 0 Å². The zero-order valence-corrected chi connectivity index (χ0v) is 61.1. The lowest BCUT2D eigenvalue weighted by atomic mass is 9.70. The van der Waals surface area contributed by atoms with Gasteiger partial charge in [0.2, 0.25) is 17.7 Å². The van der Waals surface area contributed by atoms with Crippen molar-refractivity contribution in [1.82, 2.24) is 0 Å². The fraction of sp³-hybridized carbons (Fsp3) is 0.225. The molecule has 1 saturated heterocycles. The molecule has 11 heteroatoms. The topological polar surface area (TPSA) is 83.2 Å². The van der Waals surface area contributed by atoms with Crippen LogP contribution in [0.25, 0.3) is 66.8 Å². The maximum atomic E-state index is 6.06. The van der Waals surface area contributed by atoms with Crippen molar-refractivity contribution in [3.63, 3.8) is 0 Å². The zero-order valence-electron chi connectivity index (χ0n) is 57.9. The molecule has 0 saturated carbocycles. The molecule has 1 fully saturated rings. The summed E-state index contributed by atoms with van der Waals surface area (Å²) in [7, 11) is -0.332. The predicted molar refractivity (Wildman–Crippen MR) is 414 cm³/mol. The Balaban J connectivity index is 0.000000127. The number of halogens is 2. The molecule has 0 atom stereocenters. The van der Waals surface area contributed by atoms with Crippen LogP contribution in [0.5, 0.6) is 0 Å². The molecule has 0 radical (unpaired) electrons. The number of hydrogen-bond donors (Lipinski definition) is 0. The van der Waals surface area contributed by atoms with E-state index in [1.54, 1.807) is 0 Å². The van der Waals surface area contributed by atoms with E-state index in [-0.39, 0.29) is 40.4 Å². The van der Waals surface area contributed by atoms with Gasteiger partial charge in [-0.05, 0) is 259 Å². The van der Waals surface area contributed by atoms with Gasteiger partial charge in [0.25, 0.3) is 0 Å². The summed E-state index contributed by atoms with van der Waals surface area (Å²) < 4.78 is 31.9. The standard InChI is InChI=1S/C47H38N2O2.C25H14Br2.C17H24BNO3/c1-45(2)27-50-43(48-45)31-17-13-29(14-18-31)33-21-23-37-38-24-22-34(30-15-19-32(20-16-30)44-49-46(3,4)28-51-44)26-42(38)47(41(37)25-33)39-11-7-5-9-35(39)36-10-6-8-12-40(36)47;26-15-9-11-19-20-12-10-16(27)14-24(20)25(23(19)13-15)21-7-3-1-5-17(21)18-6-2-4-8-22(18)25;1-15(2)11-20-14(19-15)12-7-9-13(10-8-12)18-21-16(3,4)17(5,6)22-18/h5-26H,27-28H2,1-4H3;1-14H;7-10H,11H2,1-6H3. The first-order chi connectivity index (χ1) is 48.0. The van der Waals surface area contributed by atoms with Crippen molar-refractivity contribution >= 4 is 62.1 Å². The third kappa shape index (κ3) is 10.4. The Morgan fingerprint density at radius 2 is 0.540 bits per heavy atom. The van der Waals surface area contributed by atoms with Crippen molar-refractivity contribution in [2.24, 2.45) is 15.0 Å². The highest BCUT2D eigenvalue weighted by atomic mass is 79.9. The fourth-order valence-corrected chi connectivity index (χ4v) is 16.9. The molecule has 100 heavy (non-hydrogen) atoms. The summed E-state index contributed by atoms with van der Waals surface area (Å²) in [5.41, 5.74) is 28.2. The van der Waals surface area contributed by atoms with Gasteiger partial charge in [0.15, 0.2) is 0 Å². The predicted octanol–water partition coefficient (Wildman–Crippen LogP) is 20.6. The third-order valence-corrected chi connectivity index (χ3v) is 22.6. The van der Waals surface area contributed by atoms with Crippen LogP contribution in [0.1, 0.15) is 130 Å². The van der Waals surface area contributed by atoms with Gasteiger partial charge in [-0.25, -0.2) is 15.0 Å². The van der Waals surface area contributed by atoms with E-state index in [1.165, 1.54) is 111 Å². The fourth-order valence-electron chi connectivity index (χ4n) is 16.2. The Kier molecular flexibility index (Phi) is 15.0. The van der Waals surface area contributed by atoms with Gasteiger partial charge < -0.3 is 23.5 Å². The minimum absolute atomic E-state index is 0.139. The van der Waals surface area contributed by atoms with Gasteiger partial charge in [-0.1, -0.05) is 202 Å². The average Bonchev–Trinajstić information content (AvgIpc) is 1.52. The molecule has 4 heterocycles. The van der Waals surface area contributed by atoms with Crippen LogP contribution in [0.3, 0.4) is 0 Å². The summed E-state index contributed by atoms with van der Waals surface area (Å²) in [4.78, 5) is 14.2. The van der Waals surface area contributed by atoms with Crippen LogP contribution in [0.2, 0.25) is 0 Å². The van der Waals surface area contributed by atoms with Gasteiger partial charge in [-0.3, -0.25) is 0 Å². The van der Waals surface area contributed by atoms with E-state index in [1.807, 2.05) is 24.3 Å². The number of ether oxygens (including phenoxy) is 3. The third-order valence-electron chi connectivity index (χ3n) is 21.6. The summed E-state index contributed by atoms with van der Waals surface area (Å²) in [5, 5.41) is 0. The van der Waals surface area contributed by atoms with E-state index in [4.69, 9.17) is 33.5 Å². The second-order valence-electron chi connectivity index (χ2n) is 30.5. The van der Waals surface area contributed by atoms with Crippen LogP contribution < -0.4 is 5.46 Å². The molecule has 8 nitrogen and oxygen atoms in total. The van der Waals surface area contributed by atoms with Crippen LogP contribution >= 0.6 is 31.9 Å². The molecule has 11 aromatic rings. The second kappa shape index (κ2) is 23.4. The molecule has 2 spiro atoms. The van der Waals surface area contributed by atoms with Gasteiger partial charge in [0, 0.05) is 25.6 Å². The van der Waals surface area contributed by atoms with Gasteiger partial charge >= 0.3 is 7.12 Å². The zero-order chi connectivity index (χ0) is 68.9. The van der Waals surface area contributed by atoms with Crippen molar-refractivity contribution in [2.75, 3.05) is 19.8 Å². The Morgan fingerprint density at radius 3 is 0.850 bits per heavy atom. The molecule has 19 rings (SSSR count). The van der Waals surface area contributed by atoms with E-state index in [2.05, 4.69) is 324 Å². The van der Waals surface area contributed by atoms with Gasteiger partial charge in [0.1, 0.15) is 19.8 Å². The van der Waals surface area contributed by atoms with Crippen molar-refractivity contribution in [3.8, 4) is 66.8 Å². The van der Waals surface area contributed by atoms with E-state index in [0.29, 0.717) is 25.7 Å². The number of hydrogen-bond acceptors (Lipinski definition) is 8. The summed E-state index contributed by atoms with van der Waals surface area (Å²) in [6.45, 7) is 22.6. The Morgan fingerprint density at radius 1 is 0.280 bits per heavy atom. The second-order valence-corrected chi connectivity index (χ2v) is 32.3. The molecule has 11 aromatic carbocycles. The molecule has 0 N–H and O–H groups in total. The summed E-state index contributed by atoms with van der Waals surface area (Å²) in [5.74, 6) is 2.17. The summed E-state index contributed by atoms with van der Waals surface area (Å²) in [6.07, 6.45) is 0. The van der Waals surface area contributed by atoms with E-state index < -0.39 is 5.41 Å². The maximum absolute atomic E-state index is 6.06. The highest BCUT2D eigenvalue weighted by molar-refractivity contribution is 9.10. The summed E-state index contributed by atoms with van der Waals surface area (Å²) in [6, 6.07) is 88.7. The first-order valence-corrected chi connectivity index (χ1v) is 36.2. The molecular weight excluding hydrogens is 1360 g/mol. The molecule has 0 unspecified atom stereocenters. The Labute approximate surface area is 603 Å². The normalized spacial score (nSPS) is 18.6. The molecule has 4 aliphatic carbocycles. The maximum Gasteiger partial charge on any atom is 0.494 e. The number of benzene rings is 11. The highest BCUT2D eigenvalue weighted by Crippen LogP contribution is 2.65. The molecule has 0 bridgehead atoms. The van der Waals surface area contributed by atoms with Gasteiger partial charge in [0.05, 0.1) is 38.6 Å². The highest BCUT2D eigenvalue weighted by Gasteiger charge is 2.55. The lowest BCUT2D eigenvalue weighted by molar-refractivity contribution is 0.00578. The van der Waals surface area contributed by atoms with E-state index >= 15 is 0 Å². The van der Waals surface area contributed by atoms with Crippen LogP contribution in [0.4, 0.5) is 0 Å².